The van der Waals surface area contributed by atoms with Crippen LogP contribution in [0.25, 0.3) is 0 Å². The number of nitrogens with one attached hydrogen (secondary N) is 1. The molecule has 0 saturated carbocycles. The Morgan fingerprint density at radius 1 is 1.14 bits per heavy atom. The summed E-state index contributed by atoms with van der Waals surface area (Å²) >= 11 is 0. The molecule has 2 aromatic carbocycles. The number of hydrogen-bond acceptors (Lipinski definition) is 3. The molecule has 28 heavy (non-hydrogen) atoms. The van der Waals surface area contributed by atoms with Crippen molar-refractivity contribution in [3.63, 3.8) is 0 Å². The van der Waals surface area contributed by atoms with Gasteiger partial charge < -0.3 is 16.0 Å². The van der Waals surface area contributed by atoms with E-state index in [1.165, 1.54) is 6.42 Å². The lowest BCUT2D eigenvalue weighted by atomic mass is 9.92. The minimum absolute atomic E-state index is 0.0566. The predicted molar refractivity (Wildman–Crippen MR) is 112 cm³/mol. The second kappa shape index (κ2) is 8.15. The lowest BCUT2D eigenvalue weighted by Crippen LogP contribution is -2.45. The Labute approximate surface area is 166 Å². The third-order valence-electron chi connectivity index (χ3n) is 5.63. The maximum absolute atomic E-state index is 12.9. The van der Waals surface area contributed by atoms with Gasteiger partial charge in [-0.25, -0.2) is 0 Å². The fourth-order valence-electron chi connectivity index (χ4n) is 3.67. The Balaban J connectivity index is 1.75. The molecule has 1 aliphatic heterocycles. The Bertz CT molecular complexity index is 861. The van der Waals surface area contributed by atoms with Crippen LogP contribution in [0, 0.1) is 6.92 Å². The number of likely N-dealkylation sites (tertiary alicyclic amines) is 1. The summed E-state index contributed by atoms with van der Waals surface area (Å²) in [6, 6.07) is 15.0. The van der Waals surface area contributed by atoms with Crippen LogP contribution >= 0.6 is 0 Å². The van der Waals surface area contributed by atoms with E-state index in [1.54, 1.807) is 19.1 Å². The van der Waals surface area contributed by atoms with Crippen LogP contribution in [-0.4, -0.2) is 29.3 Å². The van der Waals surface area contributed by atoms with Crippen molar-refractivity contribution in [1.82, 2.24) is 4.90 Å². The average molecular weight is 380 g/mol. The van der Waals surface area contributed by atoms with Gasteiger partial charge in [0, 0.05) is 23.8 Å². The van der Waals surface area contributed by atoms with Crippen molar-refractivity contribution in [3.8, 4) is 0 Å². The van der Waals surface area contributed by atoms with Crippen molar-refractivity contribution >= 4 is 17.5 Å². The van der Waals surface area contributed by atoms with Gasteiger partial charge in [0.1, 0.15) is 5.54 Å². The fraction of sp³-hybridized carbons (Fsp3) is 0.391. The van der Waals surface area contributed by atoms with E-state index in [-0.39, 0.29) is 17.9 Å². The average Bonchev–Trinajstić information content (AvgIpc) is 2.70. The van der Waals surface area contributed by atoms with Crippen LogP contribution in [0.2, 0.25) is 0 Å². The van der Waals surface area contributed by atoms with E-state index >= 15 is 0 Å². The monoisotopic (exact) mass is 379 g/mol. The summed E-state index contributed by atoms with van der Waals surface area (Å²) < 4.78 is 0. The highest BCUT2D eigenvalue weighted by Crippen LogP contribution is 2.24. The van der Waals surface area contributed by atoms with E-state index in [0.29, 0.717) is 11.3 Å². The largest absolute Gasteiger partial charge is 0.336 e. The molecular formula is C23H29N3O2. The Hall–Kier alpha value is -2.66. The van der Waals surface area contributed by atoms with Crippen molar-refractivity contribution in [2.45, 2.75) is 51.6 Å². The molecule has 2 atom stereocenters. The summed E-state index contributed by atoms with van der Waals surface area (Å²) in [5, 5.41) is 2.91. The summed E-state index contributed by atoms with van der Waals surface area (Å²) in [5.41, 5.74) is 8.06. The van der Waals surface area contributed by atoms with E-state index in [2.05, 4.69) is 12.2 Å². The molecule has 5 heteroatoms. The number of nitrogens with two attached hydrogens (primary N) is 1. The van der Waals surface area contributed by atoms with Crippen LogP contribution in [0.3, 0.4) is 0 Å². The molecule has 5 nitrogen and oxygen atoms in total. The van der Waals surface area contributed by atoms with Gasteiger partial charge in [0.05, 0.1) is 0 Å². The summed E-state index contributed by atoms with van der Waals surface area (Å²) in [6.07, 6.45) is 3.28. The molecule has 0 aromatic heterocycles. The molecule has 0 aliphatic carbocycles. The molecule has 3 N–H and O–H groups in total. The quantitative estimate of drug-likeness (QED) is 0.848. The number of carbonyl (C=O) groups is 2. The summed E-state index contributed by atoms with van der Waals surface area (Å²) in [4.78, 5) is 27.6. The first-order valence-electron chi connectivity index (χ1n) is 9.88. The zero-order chi connectivity index (χ0) is 20.3. The zero-order valence-electron chi connectivity index (χ0n) is 16.9. The summed E-state index contributed by atoms with van der Waals surface area (Å²) in [5.74, 6) is -0.230. The molecule has 148 valence electrons. The molecule has 0 bridgehead atoms. The first kappa shape index (κ1) is 20.1. The molecule has 3 rings (SSSR count). The number of carbonyl (C=O) groups excluding carboxylic acids is 2. The SMILES string of the molecule is Cc1cc(C(=O)N2CCCCC2C)ccc1NC(=O)C(C)(N)c1ccccc1. The van der Waals surface area contributed by atoms with E-state index in [1.807, 2.05) is 48.2 Å². The highest BCUT2D eigenvalue weighted by Gasteiger charge is 2.31. The van der Waals surface area contributed by atoms with E-state index in [9.17, 15) is 9.59 Å². The first-order valence-corrected chi connectivity index (χ1v) is 9.88. The van der Waals surface area contributed by atoms with Gasteiger partial charge in [-0.1, -0.05) is 30.3 Å². The molecule has 2 unspecified atom stereocenters. The maximum atomic E-state index is 12.9. The molecule has 1 saturated heterocycles. The van der Waals surface area contributed by atoms with Crippen LogP contribution in [0.4, 0.5) is 5.69 Å². The van der Waals surface area contributed by atoms with E-state index in [4.69, 9.17) is 5.73 Å². The van der Waals surface area contributed by atoms with Gasteiger partial charge >= 0.3 is 0 Å². The second-order valence-electron chi connectivity index (χ2n) is 7.90. The molecule has 1 heterocycles. The predicted octanol–water partition coefficient (Wildman–Crippen LogP) is 3.82. The summed E-state index contributed by atoms with van der Waals surface area (Å²) in [7, 11) is 0. The molecule has 1 aliphatic rings. The minimum atomic E-state index is -1.15. The number of hydrogen-bond donors (Lipinski definition) is 2. The highest BCUT2D eigenvalue weighted by atomic mass is 16.2. The molecular weight excluding hydrogens is 350 g/mol. The Kier molecular flexibility index (Phi) is 5.84. The van der Waals surface area contributed by atoms with Crippen LogP contribution in [-0.2, 0) is 10.3 Å². The number of rotatable bonds is 4. The van der Waals surface area contributed by atoms with Crippen molar-refractivity contribution in [1.29, 1.82) is 0 Å². The zero-order valence-corrected chi connectivity index (χ0v) is 16.9. The number of benzene rings is 2. The lowest BCUT2D eigenvalue weighted by Gasteiger charge is -2.33. The van der Waals surface area contributed by atoms with Crippen molar-refractivity contribution < 1.29 is 9.59 Å². The minimum Gasteiger partial charge on any atom is -0.336 e. The first-order chi connectivity index (χ1) is 13.3. The van der Waals surface area contributed by atoms with Crippen LogP contribution in [0.15, 0.2) is 48.5 Å². The number of anilines is 1. The van der Waals surface area contributed by atoms with Crippen LogP contribution in [0.5, 0.6) is 0 Å². The van der Waals surface area contributed by atoms with Gasteiger partial charge in [-0.15, -0.1) is 0 Å². The normalized spacial score (nSPS) is 19.0. The maximum Gasteiger partial charge on any atom is 0.254 e. The van der Waals surface area contributed by atoms with Gasteiger partial charge in [0.25, 0.3) is 5.91 Å². The number of piperidine rings is 1. The Morgan fingerprint density at radius 2 is 1.86 bits per heavy atom. The smallest absolute Gasteiger partial charge is 0.254 e. The van der Waals surface area contributed by atoms with Crippen molar-refractivity contribution in [2.75, 3.05) is 11.9 Å². The third-order valence-corrected chi connectivity index (χ3v) is 5.63. The van der Waals surface area contributed by atoms with Gasteiger partial charge in [0.15, 0.2) is 0 Å². The van der Waals surface area contributed by atoms with Crippen molar-refractivity contribution in [2.24, 2.45) is 5.73 Å². The summed E-state index contributed by atoms with van der Waals surface area (Å²) in [6.45, 7) is 6.50. The Morgan fingerprint density at radius 3 is 2.50 bits per heavy atom. The van der Waals surface area contributed by atoms with Gasteiger partial charge in [-0.05, 0) is 69.4 Å². The van der Waals surface area contributed by atoms with E-state index < -0.39 is 5.54 Å². The lowest BCUT2D eigenvalue weighted by molar-refractivity contribution is -0.120. The fourth-order valence-corrected chi connectivity index (χ4v) is 3.67. The van der Waals surface area contributed by atoms with Crippen LogP contribution in [0.1, 0.15) is 54.6 Å². The third kappa shape index (κ3) is 4.09. The van der Waals surface area contributed by atoms with Crippen molar-refractivity contribution in [3.05, 3.63) is 65.2 Å². The number of amides is 2. The molecule has 2 aromatic rings. The molecule has 2 amide bonds. The molecule has 0 radical (unpaired) electrons. The number of aryl methyl sites for hydroxylation is 1. The van der Waals surface area contributed by atoms with E-state index in [0.717, 1.165) is 30.5 Å². The second-order valence-corrected chi connectivity index (χ2v) is 7.90. The highest BCUT2D eigenvalue weighted by molar-refractivity contribution is 6.00. The molecule has 0 spiro atoms. The molecule has 1 fully saturated rings. The van der Waals surface area contributed by atoms with Gasteiger partial charge in [-0.2, -0.15) is 0 Å². The van der Waals surface area contributed by atoms with Gasteiger partial charge in [-0.3, -0.25) is 9.59 Å². The topological polar surface area (TPSA) is 75.4 Å². The van der Waals surface area contributed by atoms with Crippen LogP contribution < -0.4 is 11.1 Å². The number of nitrogens with zero attached hydrogens (tertiary/aromatic N) is 1. The van der Waals surface area contributed by atoms with Gasteiger partial charge in [0.2, 0.25) is 5.91 Å². The standard InChI is InChI=1S/C23H29N3O2/c1-16-15-18(21(27)26-14-8-7-9-17(26)2)12-13-20(16)25-22(28)23(3,24)19-10-5-4-6-11-19/h4-6,10-13,15,17H,7-9,14,24H2,1-3H3,(H,25,28).